The molecule has 1 aromatic rings. The second-order valence-corrected chi connectivity index (χ2v) is 4.85. The number of hydrogen-bond acceptors (Lipinski definition) is 4. The van der Waals surface area contributed by atoms with Crippen LogP contribution in [0, 0.1) is 12.8 Å². The van der Waals surface area contributed by atoms with Crippen LogP contribution >= 0.6 is 0 Å². The number of nitrogens with zero attached hydrogens (tertiary/aromatic N) is 2. The van der Waals surface area contributed by atoms with Gasteiger partial charge < -0.3 is 10.4 Å². The van der Waals surface area contributed by atoms with E-state index in [-0.39, 0.29) is 5.92 Å². The molecular weight excluding hydrogens is 230 g/mol. The lowest BCUT2D eigenvalue weighted by atomic mass is 9.84. The van der Waals surface area contributed by atoms with Gasteiger partial charge in [-0.15, -0.1) is 0 Å². The third-order valence-electron chi connectivity index (χ3n) is 3.56. The highest BCUT2D eigenvalue weighted by atomic mass is 16.4. The summed E-state index contributed by atoms with van der Waals surface area (Å²) in [7, 11) is 0. The predicted molar refractivity (Wildman–Crippen MR) is 68.4 cm³/mol. The third kappa shape index (κ3) is 2.97. The van der Waals surface area contributed by atoms with Gasteiger partial charge in [-0.2, -0.15) is 0 Å². The largest absolute Gasteiger partial charge is 0.480 e. The number of carboxylic acid groups (broad SMARTS) is 1. The van der Waals surface area contributed by atoms with Crippen LogP contribution in [0.4, 0.5) is 5.82 Å². The first-order valence-electron chi connectivity index (χ1n) is 6.45. The molecule has 0 radical (unpaired) electrons. The van der Waals surface area contributed by atoms with Crippen molar-refractivity contribution in [2.24, 2.45) is 5.92 Å². The minimum Gasteiger partial charge on any atom is -0.480 e. The normalized spacial score (nSPS) is 18.3. The van der Waals surface area contributed by atoms with Crippen LogP contribution in [0.3, 0.4) is 0 Å². The molecule has 0 aromatic carbocycles. The van der Waals surface area contributed by atoms with E-state index >= 15 is 0 Å². The number of carbonyl (C=O) groups is 1. The Kier molecular flexibility index (Phi) is 4.12. The molecule has 1 fully saturated rings. The average molecular weight is 249 g/mol. The van der Waals surface area contributed by atoms with Gasteiger partial charge in [0.1, 0.15) is 11.9 Å². The minimum absolute atomic E-state index is 0.192. The summed E-state index contributed by atoms with van der Waals surface area (Å²) in [6.07, 6.45) is 8.59. The number of aryl methyl sites for hydroxylation is 1. The van der Waals surface area contributed by atoms with Gasteiger partial charge in [0.15, 0.2) is 0 Å². The fraction of sp³-hybridized carbons (Fsp3) is 0.615. The number of aliphatic carboxylic acids is 1. The Hall–Kier alpha value is -1.65. The molecule has 0 aliphatic heterocycles. The lowest BCUT2D eigenvalue weighted by Gasteiger charge is -2.28. The van der Waals surface area contributed by atoms with Gasteiger partial charge >= 0.3 is 5.97 Å². The summed E-state index contributed by atoms with van der Waals surface area (Å²) in [5.74, 6) is -0.0277. The highest BCUT2D eigenvalue weighted by Gasteiger charge is 2.29. The molecule has 0 amide bonds. The van der Waals surface area contributed by atoms with Crippen molar-refractivity contribution >= 4 is 11.8 Å². The van der Waals surface area contributed by atoms with Crippen molar-refractivity contribution in [1.29, 1.82) is 0 Å². The van der Waals surface area contributed by atoms with E-state index in [1.54, 1.807) is 12.4 Å². The molecule has 2 rings (SSSR count). The molecule has 5 heteroatoms. The number of anilines is 1. The molecule has 1 aliphatic carbocycles. The minimum atomic E-state index is -0.799. The SMILES string of the molecule is Cc1nccnc1NC(C(=O)O)C1CCCCC1. The van der Waals surface area contributed by atoms with Crippen LogP contribution in [0.5, 0.6) is 0 Å². The maximum atomic E-state index is 11.4. The average Bonchev–Trinajstić information content (AvgIpc) is 2.38. The summed E-state index contributed by atoms with van der Waals surface area (Å²) >= 11 is 0. The fourth-order valence-corrected chi connectivity index (χ4v) is 2.55. The summed E-state index contributed by atoms with van der Waals surface area (Å²) in [5, 5.41) is 12.4. The van der Waals surface area contributed by atoms with Crippen molar-refractivity contribution in [1.82, 2.24) is 9.97 Å². The van der Waals surface area contributed by atoms with Gasteiger partial charge in [0.05, 0.1) is 5.69 Å². The van der Waals surface area contributed by atoms with E-state index in [4.69, 9.17) is 0 Å². The van der Waals surface area contributed by atoms with E-state index in [0.29, 0.717) is 5.82 Å². The molecular formula is C13H19N3O2. The zero-order chi connectivity index (χ0) is 13.0. The van der Waals surface area contributed by atoms with Crippen LogP contribution in [-0.2, 0) is 4.79 Å². The van der Waals surface area contributed by atoms with Gasteiger partial charge in [0.2, 0.25) is 0 Å². The van der Waals surface area contributed by atoms with Crippen LogP contribution in [0.25, 0.3) is 0 Å². The standard InChI is InChI=1S/C13H19N3O2/c1-9-12(15-8-7-14-9)16-11(13(17)18)10-5-3-2-4-6-10/h7-8,10-11H,2-6H2,1H3,(H,15,16)(H,17,18). The highest BCUT2D eigenvalue weighted by Crippen LogP contribution is 2.28. The zero-order valence-electron chi connectivity index (χ0n) is 10.6. The summed E-state index contributed by atoms with van der Waals surface area (Å²) in [6, 6.07) is -0.555. The van der Waals surface area contributed by atoms with Gasteiger partial charge in [-0.05, 0) is 25.7 Å². The molecule has 1 aliphatic rings. The molecule has 98 valence electrons. The smallest absolute Gasteiger partial charge is 0.326 e. The highest BCUT2D eigenvalue weighted by molar-refractivity contribution is 5.77. The molecule has 2 N–H and O–H groups in total. The second kappa shape index (κ2) is 5.80. The topological polar surface area (TPSA) is 75.1 Å². The molecule has 1 heterocycles. The molecule has 1 unspecified atom stereocenters. The molecule has 1 atom stereocenters. The molecule has 0 spiro atoms. The Balaban J connectivity index is 2.11. The Labute approximate surface area is 107 Å². The van der Waals surface area contributed by atoms with Gasteiger partial charge in [0, 0.05) is 12.4 Å². The van der Waals surface area contributed by atoms with Gasteiger partial charge in [-0.25, -0.2) is 9.78 Å². The maximum Gasteiger partial charge on any atom is 0.326 e. The van der Waals surface area contributed by atoms with Crippen LogP contribution in [0.1, 0.15) is 37.8 Å². The van der Waals surface area contributed by atoms with Crippen molar-refractivity contribution in [3.8, 4) is 0 Å². The van der Waals surface area contributed by atoms with Crippen LogP contribution in [0.15, 0.2) is 12.4 Å². The van der Waals surface area contributed by atoms with E-state index in [9.17, 15) is 9.90 Å². The molecule has 0 bridgehead atoms. The van der Waals surface area contributed by atoms with Crippen molar-refractivity contribution in [2.75, 3.05) is 5.32 Å². The van der Waals surface area contributed by atoms with Crippen LogP contribution in [0.2, 0.25) is 0 Å². The lowest BCUT2D eigenvalue weighted by Crippen LogP contribution is -2.38. The Morgan fingerprint density at radius 3 is 2.61 bits per heavy atom. The fourth-order valence-electron chi connectivity index (χ4n) is 2.55. The maximum absolute atomic E-state index is 11.4. The first kappa shape index (κ1) is 12.8. The predicted octanol–water partition coefficient (Wildman–Crippen LogP) is 2.23. The van der Waals surface area contributed by atoms with Crippen molar-refractivity contribution in [3.05, 3.63) is 18.1 Å². The number of rotatable bonds is 4. The monoisotopic (exact) mass is 249 g/mol. The molecule has 1 aromatic heterocycles. The Bertz CT molecular complexity index is 416. The zero-order valence-corrected chi connectivity index (χ0v) is 10.6. The van der Waals surface area contributed by atoms with Gasteiger partial charge in [-0.1, -0.05) is 19.3 Å². The van der Waals surface area contributed by atoms with E-state index in [2.05, 4.69) is 15.3 Å². The van der Waals surface area contributed by atoms with Crippen LogP contribution < -0.4 is 5.32 Å². The van der Waals surface area contributed by atoms with Gasteiger partial charge in [-0.3, -0.25) is 4.98 Å². The van der Waals surface area contributed by atoms with E-state index in [1.807, 2.05) is 6.92 Å². The molecule has 18 heavy (non-hydrogen) atoms. The second-order valence-electron chi connectivity index (χ2n) is 4.85. The molecule has 5 nitrogen and oxygen atoms in total. The van der Waals surface area contributed by atoms with Crippen molar-refractivity contribution in [3.63, 3.8) is 0 Å². The first-order valence-corrected chi connectivity index (χ1v) is 6.45. The number of carboxylic acids is 1. The third-order valence-corrected chi connectivity index (χ3v) is 3.56. The number of aromatic nitrogens is 2. The quantitative estimate of drug-likeness (QED) is 0.855. The first-order chi connectivity index (χ1) is 8.68. The number of nitrogens with one attached hydrogen (secondary N) is 1. The summed E-state index contributed by atoms with van der Waals surface area (Å²) in [6.45, 7) is 1.83. The van der Waals surface area contributed by atoms with Crippen LogP contribution in [-0.4, -0.2) is 27.1 Å². The van der Waals surface area contributed by atoms with Gasteiger partial charge in [0.25, 0.3) is 0 Å². The van der Waals surface area contributed by atoms with Crippen molar-refractivity contribution < 1.29 is 9.90 Å². The summed E-state index contributed by atoms with van der Waals surface area (Å²) in [4.78, 5) is 19.7. The van der Waals surface area contributed by atoms with E-state index < -0.39 is 12.0 Å². The van der Waals surface area contributed by atoms with Crippen molar-refractivity contribution in [2.45, 2.75) is 45.1 Å². The Morgan fingerprint density at radius 2 is 2.00 bits per heavy atom. The summed E-state index contributed by atoms with van der Waals surface area (Å²) < 4.78 is 0. The lowest BCUT2D eigenvalue weighted by molar-refractivity contribution is -0.139. The molecule has 1 saturated carbocycles. The Morgan fingerprint density at radius 1 is 1.33 bits per heavy atom. The van der Waals surface area contributed by atoms with E-state index in [0.717, 1.165) is 31.4 Å². The number of hydrogen-bond donors (Lipinski definition) is 2. The van der Waals surface area contributed by atoms with E-state index in [1.165, 1.54) is 6.42 Å². The molecule has 0 saturated heterocycles. The summed E-state index contributed by atoms with van der Waals surface area (Å²) in [5.41, 5.74) is 0.736.